The molecule has 0 saturated carbocycles. The highest BCUT2D eigenvalue weighted by Gasteiger charge is 2.18. The van der Waals surface area contributed by atoms with E-state index in [9.17, 15) is 4.79 Å². The molecule has 2 N–H and O–H groups in total. The number of piperazine rings is 1. The van der Waals surface area contributed by atoms with Crippen molar-refractivity contribution < 1.29 is 4.79 Å². The Morgan fingerprint density at radius 1 is 1.28 bits per heavy atom. The fourth-order valence-corrected chi connectivity index (χ4v) is 2.04. The molecule has 0 atom stereocenters. The number of hydrogen-bond donors (Lipinski definition) is 2. The van der Waals surface area contributed by atoms with Crippen molar-refractivity contribution >= 4 is 12.0 Å². The van der Waals surface area contributed by atoms with Crippen LogP contribution in [0.4, 0.5) is 0 Å². The van der Waals surface area contributed by atoms with Crippen LogP contribution in [-0.4, -0.2) is 44.0 Å². The molecule has 0 spiro atoms. The van der Waals surface area contributed by atoms with Crippen LogP contribution < -0.4 is 10.6 Å². The fraction of sp³-hybridized carbons (Fsp3) is 0.357. The lowest BCUT2D eigenvalue weighted by Crippen LogP contribution is -2.45. The van der Waals surface area contributed by atoms with E-state index in [4.69, 9.17) is 0 Å². The lowest BCUT2D eigenvalue weighted by atomic mass is 10.1. The topological polar surface area (TPSA) is 44.4 Å². The third kappa shape index (κ3) is 3.11. The Kier molecular flexibility index (Phi) is 4.36. The number of nitrogens with zero attached hydrogens (tertiary/aromatic N) is 1. The van der Waals surface area contributed by atoms with Crippen molar-refractivity contribution in [3.8, 4) is 0 Å². The molecule has 1 heterocycles. The zero-order valence-corrected chi connectivity index (χ0v) is 10.6. The number of nitrogens with one attached hydrogen (secondary N) is 2. The predicted molar refractivity (Wildman–Crippen MR) is 72.9 cm³/mol. The van der Waals surface area contributed by atoms with Gasteiger partial charge in [-0.05, 0) is 11.6 Å². The number of amides is 1. The second kappa shape index (κ2) is 6.21. The highest BCUT2D eigenvalue weighted by Crippen LogP contribution is 2.12. The number of likely N-dealkylation sites (N-methyl/N-ethyl adjacent to an activating group) is 1. The van der Waals surface area contributed by atoms with Gasteiger partial charge in [0.15, 0.2) is 0 Å². The van der Waals surface area contributed by atoms with Crippen LogP contribution in [0.25, 0.3) is 6.08 Å². The molecule has 1 fully saturated rings. The van der Waals surface area contributed by atoms with Gasteiger partial charge in [-0.2, -0.15) is 0 Å². The Balaban J connectivity index is 2.24. The summed E-state index contributed by atoms with van der Waals surface area (Å²) in [7, 11) is 1.67. The monoisotopic (exact) mass is 245 g/mol. The Morgan fingerprint density at radius 2 is 1.94 bits per heavy atom. The lowest BCUT2D eigenvalue weighted by Gasteiger charge is -2.30. The normalized spacial score (nSPS) is 16.5. The zero-order valence-electron chi connectivity index (χ0n) is 10.6. The first kappa shape index (κ1) is 12.6. The van der Waals surface area contributed by atoms with Crippen molar-refractivity contribution in [2.24, 2.45) is 0 Å². The Morgan fingerprint density at radius 3 is 2.56 bits per heavy atom. The third-order valence-corrected chi connectivity index (χ3v) is 3.02. The average molecular weight is 245 g/mol. The van der Waals surface area contributed by atoms with Gasteiger partial charge in [0.2, 0.25) is 0 Å². The molecule has 4 heteroatoms. The van der Waals surface area contributed by atoms with E-state index in [2.05, 4.69) is 15.5 Å². The summed E-state index contributed by atoms with van der Waals surface area (Å²) in [5.74, 6) is -0.0271. The van der Waals surface area contributed by atoms with Gasteiger partial charge in [-0.25, -0.2) is 0 Å². The van der Waals surface area contributed by atoms with Crippen LogP contribution in [0, 0.1) is 0 Å². The highest BCUT2D eigenvalue weighted by atomic mass is 16.2. The SMILES string of the molecule is CNC(=O)C(=Cc1ccccc1)N1CCNCC1. The summed E-state index contributed by atoms with van der Waals surface area (Å²) >= 11 is 0. The van der Waals surface area contributed by atoms with Crippen molar-refractivity contribution in [3.63, 3.8) is 0 Å². The molecule has 0 unspecified atom stereocenters. The minimum absolute atomic E-state index is 0.0271. The number of rotatable bonds is 3. The fourth-order valence-electron chi connectivity index (χ4n) is 2.04. The van der Waals surface area contributed by atoms with E-state index in [1.54, 1.807) is 7.05 Å². The molecular weight excluding hydrogens is 226 g/mol. The smallest absolute Gasteiger partial charge is 0.267 e. The highest BCUT2D eigenvalue weighted by molar-refractivity contribution is 5.97. The summed E-state index contributed by atoms with van der Waals surface area (Å²) in [6.45, 7) is 3.57. The van der Waals surface area contributed by atoms with E-state index >= 15 is 0 Å². The van der Waals surface area contributed by atoms with E-state index in [1.165, 1.54) is 0 Å². The first-order chi connectivity index (χ1) is 8.81. The van der Waals surface area contributed by atoms with Gasteiger partial charge in [-0.15, -0.1) is 0 Å². The lowest BCUT2D eigenvalue weighted by molar-refractivity contribution is -0.118. The minimum atomic E-state index is -0.0271. The second-order valence-electron chi connectivity index (χ2n) is 4.26. The summed E-state index contributed by atoms with van der Waals surface area (Å²) in [4.78, 5) is 14.1. The van der Waals surface area contributed by atoms with E-state index < -0.39 is 0 Å². The van der Waals surface area contributed by atoms with Crippen molar-refractivity contribution in [2.45, 2.75) is 0 Å². The quantitative estimate of drug-likeness (QED) is 0.770. The van der Waals surface area contributed by atoms with E-state index in [0.717, 1.165) is 37.4 Å². The number of carbonyl (C=O) groups excluding carboxylic acids is 1. The van der Waals surface area contributed by atoms with E-state index in [0.29, 0.717) is 0 Å². The van der Waals surface area contributed by atoms with E-state index in [-0.39, 0.29) is 5.91 Å². The van der Waals surface area contributed by atoms with Gasteiger partial charge >= 0.3 is 0 Å². The van der Waals surface area contributed by atoms with Gasteiger partial charge in [0.25, 0.3) is 5.91 Å². The molecule has 0 aliphatic carbocycles. The molecular formula is C14H19N3O. The third-order valence-electron chi connectivity index (χ3n) is 3.02. The van der Waals surface area contributed by atoms with Gasteiger partial charge in [0.05, 0.1) is 0 Å². The van der Waals surface area contributed by atoms with E-state index in [1.807, 2.05) is 36.4 Å². The van der Waals surface area contributed by atoms with Gasteiger partial charge in [-0.3, -0.25) is 4.79 Å². The van der Waals surface area contributed by atoms with Crippen molar-refractivity contribution in [2.75, 3.05) is 33.2 Å². The molecule has 4 nitrogen and oxygen atoms in total. The maximum atomic E-state index is 12.0. The molecule has 0 bridgehead atoms. The molecule has 96 valence electrons. The molecule has 1 aromatic carbocycles. The van der Waals surface area contributed by atoms with Crippen LogP contribution >= 0.6 is 0 Å². The van der Waals surface area contributed by atoms with Gasteiger partial charge < -0.3 is 15.5 Å². The van der Waals surface area contributed by atoms with Crippen molar-refractivity contribution in [1.82, 2.24) is 15.5 Å². The molecule has 0 aromatic heterocycles. The van der Waals surface area contributed by atoms with Gasteiger partial charge in [0.1, 0.15) is 5.70 Å². The maximum Gasteiger partial charge on any atom is 0.267 e. The molecule has 1 aliphatic rings. The number of hydrogen-bond acceptors (Lipinski definition) is 3. The summed E-state index contributed by atoms with van der Waals surface area (Å²) in [6, 6.07) is 9.94. The van der Waals surface area contributed by atoms with Crippen molar-refractivity contribution in [1.29, 1.82) is 0 Å². The van der Waals surface area contributed by atoms with Crippen LogP contribution in [0.5, 0.6) is 0 Å². The standard InChI is InChI=1S/C14H19N3O/c1-15-14(18)13(17-9-7-16-8-10-17)11-12-5-3-2-4-6-12/h2-6,11,16H,7-10H2,1H3,(H,15,18). The largest absolute Gasteiger partial charge is 0.365 e. The Hall–Kier alpha value is -1.81. The molecule has 2 rings (SSSR count). The zero-order chi connectivity index (χ0) is 12.8. The Labute approximate surface area is 108 Å². The second-order valence-corrected chi connectivity index (χ2v) is 4.26. The van der Waals surface area contributed by atoms with Crippen LogP contribution in [0.2, 0.25) is 0 Å². The average Bonchev–Trinajstić information content (AvgIpc) is 2.46. The summed E-state index contributed by atoms with van der Waals surface area (Å²) in [6.07, 6.45) is 1.95. The first-order valence-corrected chi connectivity index (χ1v) is 6.26. The number of benzene rings is 1. The molecule has 0 radical (unpaired) electrons. The summed E-state index contributed by atoms with van der Waals surface area (Å²) in [5, 5.41) is 6.00. The molecule has 1 aromatic rings. The predicted octanol–water partition coefficient (Wildman–Crippen LogP) is 0.679. The van der Waals surface area contributed by atoms with Gasteiger partial charge in [0, 0.05) is 33.2 Å². The van der Waals surface area contributed by atoms with Crippen LogP contribution in [0.1, 0.15) is 5.56 Å². The first-order valence-electron chi connectivity index (χ1n) is 6.26. The molecule has 18 heavy (non-hydrogen) atoms. The maximum absolute atomic E-state index is 12.0. The molecule has 1 amide bonds. The van der Waals surface area contributed by atoms with Crippen LogP contribution in [-0.2, 0) is 4.79 Å². The Bertz CT molecular complexity index is 422. The van der Waals surface area contributed by atoms with Crippen LogP contribution in [0.3, 0.4) is 0 Å². The molecule has 1 aliphatic heterocycles. The van der Waals surface area contributed by atoms with Crippen molar-refractivity contribution in [3.05, 3.63) is 41.6 Å². The minimum Gasteiger partial charge on any atom is -0.365 e. The summed E-state index contributed by atoms with van der Waals surface area (Å²) < 4.78 is 0. The summed E-state index contributed by atoms with van der Waals surface area (Å²) in [5.41, 5.74) is 1.79. The van der Waals surface area contributed by atoms with Crippen LogP contribution in [0.15, 0.2) is 36.0 Å². The van der Waals surface area contributed by atoms with Gasteiger partial charge in [-0.1, -0.05) is 30.3 Å². The number of carbonyl (C=O) groups is 1. The molecule has 1 saturated heterocycles.